The number of aryl methyl sites for hydroxylation is 2. The van der Waals surface area contributed by atoms with Crippen LogP contribution in [0, 0.1) is 13.8 Å². The number of aromatic nitrogens is 2. The third kappa shape index (κ3) is 2.77. The van der Waals surface area contributed by atoms with Crippen molar-refractivity contribution >= 4 is 23.1 Å². The van der Waals surface area contributed by atoms with E-state index in [0.717, 1.165) is 5.56 Å². The molecule has 0 spiro atoms. The van der Waals surface area contributed by atoms with Crippen LogP contribution in [-0.2, 0) is 0 Å². The summed E-state index contributed by atoms with van der Waals surface area (Å²) in [5.74, 6) is 0.569. The van der Waals surface area contributed by atoms with Crippen molar-refractivity contribution in [3.63, 3.8) is 0 Å². The molecular weight excluding hydrogens is 260 g/mol. The Morgan fingerprint density at radius 2 is 1.86 bits per heavy atom. The number of rotatable bonds is 2. The largest absolute Gasteiger partial charge is 0.306 e. The Hall–Kier alpha value is -2.68. The topological polar surface area (TPSA) is 45.8 Å². The molecule has 0 saturated carbocycles. The van der Waals surface area contributed by atoms with Gasteiger partial charge in [-0.25, -0.2) is 4.98 Å². The molecule has 3 nitrogen and oxygen atoms in total. The van der Waals surface area contributed by atoms with Crippen LogP contribution >= 0.6 is 0 Å². The molecular formula is C18H16N2O. The first-order valence-corrected chi connectivity index (χ1v) is 6.88. The van der Waals surface area contributed by atoms with E-state index in [2.05, 4.69) is 42.0 Å². The molecule has 104 valence electrons. The van der Waals surface area contributed by atoms with Gasteiger partial charge in [-0.1, -0.05) is 42.0 Å². The second-order valence-corrected chi connectivity index (χ2v) is 5.16. The lowest BCUT2D eigenvalue weighted by molar-refractivity contribution is 1.14. The molecule has 3 aromatic rings. The first kappa shape index (κ1) is 13.3. The Bertz CT molecular complexity index is 891. The molecule has 0 aliphatic rings. The number of hydrogen-bond acceptors (Lipinski definition) is 2. The Labute approximate surface area is 123 Å². The maximum Gasteiger partial charge on any atom is 0.259 e. The van der Waals surface area contributed by atoms with E-state index in [-0.39, 0.29) is 5.56 Å². The summed E-state index contributed by atoms with van der Waals surface area (Å²) in [6, 6.07) is 13.6. The number of fused-ring (bicyclic) bond motifs is 1. The SMILES string of the molecule is Cc1ccc(C)c(/C=C/c2nc3ccccc3c(=O)[nH]2)c1. The normalized spacial score (nSPS) is 11.3. The Morgan fingerprint density at radius 1 is 1.05 bits per heavy atom. The molecule has 0 fully saturated rings. The van der Waals surface area contributed by atoms with E-state index in [9.17, 15) is 4.79 Å². The zero-order valence-corrected chi connectivity index (χ0v) is 12.1. The highest BCUT2D eigenvalue weighted by Gasteiger charge is 2.01. The van der Waals surface area contributed by atoms with E-state index < -0.39 is 0 Å². The monoisotopic (exact) mass is 276 g/mol. The average molecular weight is 276 g/mol. The Morgan fingerprint density at radius 3 is 2.71 bits per heavy atom. The number of aromatic amines is 1. The Balaban J connectivity index is 2.03. The first-order chi connectivity index (χ1) is 10.1. The molecule has 0 aliphatic heterocycles. The van der Waals surface area contributed by atoms with Gasteiger partial charge in [-0.3, -0.25) is 4.79 Å². The number of para-hydroxylation sites is 1. The average Bonchev–Trinajstić information content (AvgIpc) is 2.48. The van der Waals surface area contributed by atoms with Gasteiger partial charge in [0.15, 0.2) is 0 Å². The number of nitrogens with zero attached hydrogens (tertiary/aromatic N) is 1. The van der Waals surface area contributed by atoms with Crippen LogP contribution in [0.4, 0.5) is 0 Å². The van der Waals surface area contributed by atoms with E-state index >= 15 is 0 Å². The van der Waals surface area contributed by atoms with Crippen molar-refractivity contribution < 1.29 is 0 Å². The van der Waals surface area contributed by atoms with Crippen molar-refractivity contribution in [2.24, 2.45) is 0 Å². The molecule has 1 aromatic heterocycles. The summed E-state index contributed by atoms with van der Waals surface area (Å²) in [7, 11) is 0. The van der Waals surface area contributed by atoms with Gasteiger partial charge in [0, 0.05) is 0 Å². The van der Waals surface area contributed by atoms with Crippen LogP contribution in [0.2, 0.25) is 0 Å². The van der Waals surface area contributed by atoms with E-state index in [1.165, 1.54) is 11.1 Å². The summed E-state index contributed by atoms with van der Waals surface area (Å²) in [5, 5.41) is 0.612. The second-order valence-electron chi connectivity index (χ2n) is 5.16. The molecule has 0 saturated heterocycles. The van der Waals surface area contributed by atoms with Crippen molar-refractivity contribution in [1.82, 2.24) is 9.97 Å². The van der Waals surface area contributed by atoms with E-state index in [4.69, 9.17) is 0 Å². The van der Waals surface area contributed by atoms with Crippen molar-refractivity contribution in [1.29, 1.82) is 0 Å². The molecule has 1 N–H and O–H groups in total. The van der Waals surface area contributed by atoms with Crippen molar-refractivity contribution in [2.75, 3.05) is 0 Å². The highest BCUT2D eigenvalue weighted by Crippen LogP contribution is 2.14. The maximum absolute atomic E-state index is 12.0. The minimum Gasteiger partial charge on any atom is -0.306 e. The quantitative estimate of drug-likeness (QED) is 0.775. The van der Waals surface area contributed by atoms with Gasteiger partial charge in [-0.2, -0.15) is 0 Å². The van der Waals surface area contributed by atoms with Crippen molar-refractivity contribution in [3.8, 4) is 0 Å². The molecule has 0 radical (unpaired) electrons. The zero-order chi connectivity index (χ0) is 14.8. The Kier molecular flexibility index (Phi) is 3.40. The summed E-state index contributed by atoms with van der Waals surface area (Å²) in [6.45, 7) is 4.13. The number of H-pyrrole nitrogens is 1. The van der Waals surface area contributed by atoms with Crippen molar-refractivity contribution in [2.45, 2.75) is 13.8 Å². The van der Waals surface area contributed by atoms with Gasteiger partial charge < -0.3 is 4.98 Å². The highest BCUT2D eigenvalue weighted by molar-refractivity contribution is 5.79. The lowest BCUT2D eigenvalue weighted by atomic mass is 10.1. The van der Waals surface area contributed by atoms with Gasteiger partial charge in [0.1, 0.15) is 5.82 Å². The standard InChI is InChI=1S/C18H16N2O/c1-12-7-8-13(2)14(11-12)9-10-17-19-16-6-4-3-5-15(16)18(21)20-17/h3-11H,1-2H3,(H,19,20,21)/b10-9+. The third-order valence-corrected chi connectivity index (χ3v) is 3.49. The summed E-state index contributed by atoms with van der Waals surface area (Å²) >= 11 is 0. The minimum atomic E-state index is -0.110. The predicted molar refractivity (Wildman–Crippen MR) is 87.2 cm³/mol. The van der Waals surface area contributed by atoms with E-state index in [1.807, 2.05) is 30.4 Å². The molecule has 0 atom stereocenters. The third-order valence-electron chi connectivity index (χ3n) is 3.49. The van der Waals surface area contributed by atoms with Crippen molar-refractivity contribution in [3.05, 3.63) is 75.3 Å². The first-order valence-electron chi connectivity index (χ1n) is 6.88. The van der Waals surface area contributed by atoms with Crippen LogP contribution in [0.15, 0.2) is 47.3 Å². The fourth-order valence-electron chi connectivity index (χ4n) is 2.29. The molecule has 0 unspecified atom stereocenters. The molecule has 1 heterocycles. The zero-order valence-electron chi connectivity index (χ0n) is 12.1. The van der Waals surface area contributed by atoms with Crippen LogP contribution in [0.3, 0.4) is 0 Å². The summed E-state index contributed by atoms with van der Waals surface area (Å²) in [6.07, 6.45) is 3.82. The lowest BCUT2D eigenvalue weighted by Crippen LogP contribution is -2.09. The number of benzene rings is 2. The van der Waals surface area contributed by atoms with Crippen LogP contribution in [0.5, 0.6) is 0 Å². The molecule has 3 heteroatoms. The van der Waals surface area contributed by atoms with Crippen LogP contribution < -0.4 is 5.56 Å². The molecule has 0 aliphatic carbocycles. The van der Waals surface area contributed by atoms with Gasteiger partial charge in [0.2, 0.25) is 0 Å². The van der Waals surface area contributed by atoms with Gasteiger partial charge in [-0.05, 0) is 43.2 Å². The fraction of sp³-hybridized carbons (Fsp3) is 0.111. The maximum atomic E-state index is 12.0. The van der Waals surface area contributed by atoms with Gasteiger partial charge in [0.25, 0.3) is 5.56 Å². The number of nitrogens with one attached hydrogen (secondary N) is 1. The van der Waals surface area contributed by atoms with Crippen LogP contribution in [0.25, 0.3) is 23.1 Å². The summed E-state index contributed by atoms with van der Waals surface area (Å²) < 4.78 is 0. The predicted octanol–water partition coefficient (Wildman–Crippen LogP) is 3.71. The second kappa shape index (κ2) is 5.37. The molecule has 0 bridgehead atoms. The molecule has 0 amide bonds. The summed E-state index contributed by atoms with van der Waals surface area (Å²) in [4.78, 5) is 19.3. The molecule has 2 aromatic carbocycles. The van der Waals surface area contributed by atoms with E-state index in [0.29, 0.717) is 16.7 Å². The minimum absolute atomic E-state index is 0.110. The smallest absolute Gasteiger partial charge is 0.259 e. The van der Waals surface area contributed by atoms with Crippen LogP contribution in [-0.4, -0.2) is 9.97 Å². The van der Waals surface area contributed by atoms with Gasteiger partial charge in [0.05, 0.1) is 10.9 Å². The van der Waals surface area contributed by atoms with Gasteiger partial charge in [-0.15, -0.1) is 0 Å². The molecule has 21 heavy (non-hydrogen) atoms. The fourth-order valence-corrected chi connectivity index (χ4v) is 2.29. The lowest BCUT2D eigenvalue weighted by Gasteiger charge is -2.02. The number of hydrogen-bond donors (Lipinski definition) is 1. The molecule has 3 rings (SSSR count). The van der Waals surface area contributed by atoms with Gasteiger partial charge >= 0.3 is 0 Å². The summed E-state index contributed by atoms with van der Waals surface area (Å²) in [5.41, 5.74) is 4.13. The highest BCUT2D eigenvalue weighted by atomic mass is 16.1. The van der Waals surface area contributed by atoms with E-state index in [1.54, 1.807) is 6.07 Å². The van der Waals surface area contributed by atoms with Crippen LogP contribution in [0.1, 0.15) is 22.5 Å².